The molecule has 1 aromatic rings. The summed E-state index contributed by atoms with van der Waals surface area (Å²) in [7, 11) is -3.01. The highest BCUT2D eigenvalue weighted by molar-refractivity contribution is 7.91. The van der Waals surface area contributed by atoms with E-state index in [0.29, 0.717) is 17.9 Å². The number of carbonyl (C=O) groups excluding carboxylic acids is 1. The fourth-order valence-electron chi connectivity index (χ4n) is 1.97. The molecular formula is C12H16ClN3O3S. The van der Waals surface area contributed by atoms with Crippen molar-refractivity contribution in [3.05, 3.63) is 22.8 Å². The molecule has 1 aromatic heterocycles. The Bertz CT molecular complexity index is 604. The third kappa shape index (κ3) is 3.40. The van der Waals surface area contributed by atoms with Crippen molar-refractivity contribution in [2.75, 3.05) is 36.5 Å². The second kappa shape index (κ2) is 5.97. The van der Waals surface area contributed by atoms with Crippen LogP contribution in [-0.4, -0.2) is 55.3 Å². The molecule has 1 aliphatic rings. The molecule has 0 atom stereocenters. The van der Waals surface area contributed by atoms with Crippen LogP contribution in [0.5, 0.6) is 0 Å². The van der Waals surface area contributed by atoms with Crippen molar-refractivity contribution in [3.8, 4) is 0 Å². The predicted octanol–water partition coefficient (Wildman–Crippen LogP) is 1.04. The van der Waals surface area contributed by atoms with E-state index in [0.717, 1.165) is 0 Å². The molecule has 110 valence electrons. The van der Waals surface area contributed by atoms with Crippen molar-refractivity contribution in [2.45, 2.75) is 6.92 Å². The van der Waals surface area contributed by atoms with Gasteiger partial charge >= 0.3 is 0 Å². The summed E-state index contributed by atoms with van der Waals surface area (Å²) in [5, 5.41) is 3.28. The molecule has 0 aliphatic carbocycles. The lowest BCUT2D eigenvalue weighted by Crippen LogP contribution is -2.43. The Morgan fingerprint density at radius 3 is 2.70 bits per heavy atom. The summed E-state index contributed by atoms with van der Waals surface area (Å²) in [5.41, 5.74) is 0.344. The van der Waals surface area contributed by atoms with Crippen LogP contribution in [0.15, 0.2) is 12.3 Å². The summed E-state index contributed by atoms with van der Waals surface area (Å²) in [6, 6.07) is 1.59. The van der Waals surface area contributed by atoms with Crippen molar-refractivity contribution in [3.63, 3.8) is 0 Å². The van der Waals surface area contributed by atoms with Crippen molar-refractivity contribution >= 4 is 33.2 Å². The summed E-state index contributed by atoms with van der Waals surface area (Å²) in [6.07, 6.45) is 1.42. The molecule has 2 heterocycles. The van der Waals surface area contributed by atoms with Crippen molar-refractivity contribution < 1.29 is 13.2 Å². The average Bonchev–Trinajstić information content (AvgIpc) is 2.40. The lowest BCUT2D eigenvalue weighted by molar-refractivity contribution is 0.0770. The Kier molecular flexibility index (Phi) is 4.49. The number of halogens is 1. The van der Waals surface area contributed by atoms with Gasteiger partial charge in [0.1, 0.15) is 5.82 Å². The number of rotatable bonds is 3. The number of anilines is 1. The maximum atomic E-state index is 12.4. The van der Waals surface area contributed by atoms with Gasteiger partial charge in [-0.3, -0.25) is 4.79 Å². The van der Waals surface area contributed by atoms with Crippen LogP contribution in [0, 0.1) is 0 Å². The van der Waals surface area contributed by atoms with E-state index in [2.05, 4.69) is 10.3 Å². The Hall–Kier alpha value is -1.34. The molecule has 1 fully saturated rings. The third-order valence-corrected chi connectivity index (χ3v) is 4.99. The molecule has 0 radical (unpaired) electrons. The normalized spacial score (nSPS) is 17.8. The zero-order valence-corrected chi connectivity index (χ0v) is 12.7. The second-order valence-corrected chi connectivity index (χ2v) is 7.23. The maximum absolute atomic E-state index is 12.4. The number of nitrogens with zero attached hydrogens (tertiary/aromatic N) is 2. The largest absolute Gasteiger partial charge is 0.370 e. The van der Waals surface area contributed by atoms with Crippen molar-refractivity contribution in [1.82, 2.24) is 9.88 Å². The monoisotopic (exact) mass is 317 g/mol. The first kappa shape index (κ1) is 15.1. The van der Waals surface area contributed by atoms with E-state index in [1.54, 1.807) is 6.07 Å². The molecule has 0 bridgehead atoms. The number of amides is 1. The van der Waals surface area contributed by atoms with Crippen LogP contribution in [0.1, 0.15) is 17.3 Å². The number of hydrogen-bond donors (Lipinski definition) is 1. The Morgan fingerprint density at radius 2 is 2.10 bits per heavy atom. The van der Waals surface area contributed by atoms with Gasteiger partial charge in [0, 0.05) is 25.8 Å². The zero-order chi connectivity index (χ0) is 14.8. The SMILES string of the molecule is CCNc1cc(C(=O)N2CCS(=O)(=O)CC2)c(Cl)cn1. The first-order valence-corrected chi connectivity index (χ1v) is 8.52. The van der Waals surface area contributed by atoms with Crippen LogP contribution in [0.4, 0.5) is 5.82 Å². The highest BCUT2D eigenvalue weighted by Gasteiger charge is 2.27. The fourth-order valence-corrected chi connectivity index (χ4v) is 3.35. The molecule has 0 aromatic carbocycles. The van der Waals surface area contributed by atoms with Gasteiger partial charge < -0.3 is 10.2 Å². The van der Waals surface area contributed by atoms with E-state index in [9.17, 15) is 13.2 Å². The van der Waals surface area contributed by atoms with Crippen LogP contribution in [0.3, 0.4) is 0 Å². The minimum Gasteiger partial charge on any atom is -0.370 e. The molecule has 1 N–H and O–H groups in total. The Labute approximate surface area is 123 Å². The number of nitrogens with one attached hydrogen (secondary N) is 1. The molecule has 0 saturated carbocycles. The van der Waals surface area contributed by atoms with E-state index >= 15 is 0 Å². The molecule has 20 heavy (non-hydrogen) atoms. The van der Waals surface area contributed by atoms with Crippen LogP contribution in [0.25, 0.3) is 0 Å². The van der Waals surface area contributed by atoms with E-state index < -0.39 is 9.84 Å². The quantitative estimate of drug-likeness (QED) is 0.901. The summed E-state index contributed by atoms with van der Waals surface area (Å²) >= 11 is 6.01. The van der Waals surface area contributed by atoms with E-state index in [-0.39, 0.29) is 35.5 Å². The topological polar surface area (TPSA) is 79.4 Å². The lowest BCUT2D eigenvalue weighted by atomic mass is 10.2. The summed E-state index contributed by atoms with van der Waals surface area (Å²) < 4.78 is 22.8. The molecule has 1 aliphatic heterocycles. The predicted molar refractivity (Wildman–Crippen MR) is 78.0 cm³/mol. The first-order chi connectivity index (χ1) is 9.43. The summed E-state index contributed by atoms with van der Waals surface area (Å²) in [4.78, 5) is 18.0. The number of pyridine rings is 1. The first-order valence-electron chi connectivity index (χ1n) is 6.32. The van der Waals surface area contributed by atoms with Crippen molar-refractivity contribution in [1.29, 1.82) is 0 Å². The van der Waals surface area contributed by atoms with E-state index in [4.69, 9.17) is 11.6 Å². The number of hydrogen-bond acceptors (Lipinski definition) is 5. The average molecular weight is 318 g/mol. The smallest absolute Gasteiger partial charge is 0.255 e. The lowest BCUT2D eigenvalue weighted by Gasteiger charge is -2.27. The Balaban J connectivity index is 2.18. The molecule has 0 spiro atoms. The highest BCUT2D eigenvalue weighted by atomic mass is 35.5. The molecule has 8 heteroatoms. The van der Waals surface area contributed by atoms with Crippen LogP contribution in [0.2, 0.25) is 5.02 Å². The minimum atomic E-state index is -3.01. The molecule has 1 amide bonds. The van der Waals surface area contributed by atoms with E-state index in [1.807, 2.05) is 6.92 Å². The fraction of sp³-hybridized carbons (Fsp3) is 0.500. The highest BCUT2D eigenvalue weighted by Crippen LogP contribution is 2.20. The van der Waals surface area contributed by atoms with Gasteiger partial charge in [0.25, 0.3) is 5.91 Å². The third-order valence-electron chi connectivity index (χ3n) is 3.08. The standard InChI is InChI=1S/C12H16ClN3O3S/c1-2-14-11-7-9(10(13)8-15-11)12(17)16-3-5-20(18,19)6-4-16/h7-8H,2-6H2,1H3,(H,14,15). The Morgan fingerprint density at radius 1 is 1.45 bits per heavy atom. The number of carbonyl (C=O) groups is 1. The summed E-state index contributed by atoms with van der Waals surface area (Å²) in [5.74, 6) is 0.319. The molecular weight excluding hydrogens is 302 g/mol. The summed E-state index contributed by atoms with van der Waals surface area (Å²) in [6.45, 7) is 3.02. The maximum Gasteiger partial charge on any atom is 0.255 e. The molecule has 0 unspecified atom stereocenters. The van der Waals surface area contributed by atoms with Crippen molar-refractivity contribution in [2.24, 2.45) is 0 Å². The molecule has 6 nitrogen and oxygen atoms in total. The molecule has 1 saturated heterocycles. The van der Waals surface area contributed by atoms with Gasteiger partial charge in [-0.05, 0) is 13.0 Å². The zero-order valence-electron chi connectivity index (χ0n) is 11.1. The van der Waals surface area contributed by atoms with Gasteiger partial charge in [-0.15, -0.1) is 0 Å². The van der Waals surface area contributed by atoms with Gasteiger partial charge in [-0.25, -0.2) is 13.4 Å². The number of sulfone groups is 1. The van der Waals surface area contributed by atoms with Gasteiger partial charge in [0.05, 0.1) is 22.1 Å². The van der Waals surface area contributed by atoms with Gasteiger partial charge in [0.15, 0.2) is 9.84 Å². The second-order valence-electron chi connectivity index (χ2n) is 4.52. The van der Waals surface area contributed by atoms with Crippen LogP contribution in [-0.2, 0) is 9.84 Å². The van der Waals surface area contributed by atoms with Gasteiger partial charge in [-0.1, -0.05) is 11.6 Å². The minimum absolute atomic E-state index is 0.00150. The van der Waals surface area contributed by atoms with Gasteiger partial charge in [-0.2, -0.15) is 0 Å². The van der Waals surface area contributed by atoms with Crippen LogP contribution < -0.4 is 5.32 Å². The van der Waals surface area contributed by atoms with E-state index in [1.165, 1.54) is 11.1 Å². The van der Waals surface area contributed by atoms with Gasteiger partial charge in [0.2, 0.25) is 0 Å². The van der Waals surface area contributed by atoms with Crippen LogP contribution >= 0.6 is 11.6 Å². The molecule has 2 rings (SSSR count). The number of aromatic nitrogens is 1.